The standard InChI is InChI=1S/C16H29IO3Si/c1-10-12(20-21(5,6)16(2,3)4)8-7-11-9-13(18)19-15(11)14(10)17/h10-12,14-15H,7-9H2,1-6H3/t10-,11-,12+,14+,15+/m1/s1. The highest BCUT2D eigenvalue weighted by Crippen LogP contribution is 2.44. The SMILES string of the molecule is C[C@H]1[C@H](I)[C@H]2OC(=O)C[C@H]2CC[C@@H]1O[Si](C)(C)C(C)(C)C. The third-order valence-electron chi connectivity index (χ3n) is 5.64. The molecule has 21 heavy (non-hydrogen) atoms. The average Bonchev–Trinajstić information content (AvgIpc) is 2.68. The van der Waals surface area contributed by atoms with Gasteiger partial charge in [0.2, 0.25) is 0 Å². The number of esters is 1. The number of carbonyl (C=O) groups excluding carboxylic acids is 1. The van der Waals surface area contributed by atoms with Crippen LogP contribution >= 0.6 is 22.6 Å². The van der Waals surface area contributed by atoms with Gasteiger partial charge in [0.15, 0.2) is 8.32 Å². The molecule has 1 saturated carbocycles. The summed E-state index contributed by atoms with van der Waals surface area (Å²) in [4.78, 5) is 11.6. The Hall–Kier alpha value is 0.377. The molecule has 122 valence electrons. The van der Waals surface area contributed by atoms with E-state index in [2.05, 4.69) is 63.4 Å². The van der Waals surface area contributed by atoms with E-state index in [4.69, 9.17) is 9.16 Å². The first-order valence-corrected chi connectivity index (χ1v) is 12.2. The van der Waals surface area contributed by atoms with Crippen molar-refractivity contribution in [3.8, 4) is 0 Å². The smallest absolute Gasteiger partial charge is 0.306 e. The molecule has 1 heterocycles. The molecule has 2 aliphatic rings. The second-order valence-corrected chi connectivity index (χ2v) is 14.4. The number of ether oxygens (including phenoxy) is 1. The van der Waals surface area contributed by atoms with Gasteiger partial charge in [-0.2, -0.15) is 0 Å². The van der Waals surface area contributed by atoms with E-state index in [1.54, 1.807) is 0 Å². The zero-order valence-corrected chi connectivity index (χ0v) is 17.3. The van der Waals surface area contributed by atoms with Gasteiger partial charge in [0.05, 0.1) is 10.3 Å². The van der Waals surface area contributed by atoms with Gasteiger partial charge in [0.1, 0.15) is 6.10 Å². The molecule has 0 aromatic heterocycles. The Morgan fingerprint density at radius 3 is 2.48 bits per heavy atom. The number of halogens is 1. The second-order valence-electron chi connectivity index (χ2n) is 8.22. The molecule has 0 spiro atoms. The Bertz CT molecular complexity index is 405. The summed E-state index contributed by atoms with van der Waals surface area (Å²) in [6.07, 6.45) is 3.12. The first-order valence-electron chi connectivity index (χ1n) is 8.04. The lowest BCUT2D eigenvalue weighted by molar-refractivity contribution is -0.141. The van der Waals surface area contributed by atoms with Gasteiger partial charge in [-0.15, -0.1) is 0 Å². The van der Waals surface area contributed by atoms with Crippen molar-refractivity contribution in [3.05, 3.63) is 0 Å². The topological polar surface area (TPSA) is 35.5 Å². The van der Waals surface area contributed by atoms with E-state index in [1.165, 1.54) is 0 Å². The Morgan fingerprint density at radius 2 is 1.90 bits per heavy atom. The Kier molecular flexibility index (Phi) is 5.16. The molecule has 1 saturated heterocycles. The molecule has 0 N–H and O–H groups in total. The second kappa shape index (κ2) is 6.11. The maximum absolute atomic E-state index is 11.6. The fourth-order valence-electron chi connectivity index (χ4n) is 3.08. The summed E-state index contributed by atoms with van der Waals surface area (Å²) in [5, 5.41) is 0.238. The lowest BCUT2D eigenvalue weighted by Gasteiger charge is -2.41. The van der Waals surface area contributed by atoms with Crippen LogP contribution in [0.5, 0.6) is 0 Å². The zero-order chi connectivity index (χ0) is 16.0. The molecule has 0 amide bonds. The van der Waals surface area contributed by atoms with Crippen molar-refractivity contribution in [2.75, 3.05) is 0 Å². The maximum Gasteiger partial charge on any atom is 0.306 e. The summed E-state index contributed by atoms with van der Waals surface area (Å²) in [6.45, 7) is 13.8. The van der Waals surface area contributed by atoms with Gasteiger partial charge >= 0.3 is 5.97 Å². The summed E-state index contributed by atoms with van der Waals surface area (Å²) in [5.74, 6) is 0.818. The normalized spacial score (nSPS) is 37.9. The minimum Gasteiger partial charge on any atom is -0.461 e. The van der Waals surface area contributed by atoms with Gasteiger partial charge < -0.3 is 9.16 Å². The summed E-state index contributed by atoms with van der Waals surface area (Å²) < 4.78 is 12.6. The molecule has 0 aromatic rings. The molecule has 1 aliphatic carbocycles. The highest BCUT2D eigenvalue weighted by molar-refractivity contribution is 14.1. The van der Waals surface area contributed by atoms with Crippen molar-refractivity contribution in [1.82, 2.24) is 0 Å². The van der Waals surface area contributed by atoms with E-state index < -0.39 is 8.32 Å². The fraction of sp³-hybridized carbons (Fsp3) is 0.938. The van der Waals surface area contributed by atoms with Gasteiger partial charge in [-0.3, -0.25) is 4.79 Å². The largest absolute Gasteiger partial charge is 0.461 e. The molecule has 0 radical (unpaired) electrons. The molecule has 2 fully saturated rings. The minimum atomic E-state index is -1.75. The van der Waals surface area contributed by atoms with Crippen molar-refractivity contribution in [2.45, 2.75) is 81.2 Å². The fourth-order valence-corrected chi connectivity index (χ4v) is 5.72. The maximum atomic E-state index is 11.6. The molecular formula is C16H29IO3Si. The van der Waals surface area contributed by atoms with Crippen LogP contribution in [0.15, 0.2) is 0 Å². The Balaban J connectivity index is 2.11. The lowest BCUT2D eigenvalue weighted by atomic mass is 9.95. The zero-order valence-electron chi connectivity index (χ0n) is 14.1. The molecule has 5 heteroatoms. The van der Waals surface area contributed by atoms with E-state index in [9.17, 15) is 4.79 Å². The quantitative estimate of drug-likeness (QED) is 0.283. The third kappa shape index (κ3) is 3.66. The van der Waals surface area contributed by atoms with Gasteiger partial charge in [-0.25, -0.2) is 0 Å². The van der Waals surface area contributed by atoms with Crippen molar-refractivity contribution in [3.63, 3.8) is 0 Å². The summed E-state index contributed by atoms with van der Waals surface area (Å²) in [5.41, 5.74) is 0. The summed E-state index contributed by atoms with van der Waals surface area (Å²) in [6, 6.07) is 0. The Labute approximate surface area is 143 Å². The Morgan fingerprint density at radius 1 is 1.29 bits per heavy atom. The van der Waals surface area contributed by atoms with Crippen molar-refractivity contribution in [2.24, 2.45) is 11.8 Å². The van der Waals surface area contributed by atoms with Crippen LogP contribution in [-0.2, 0) is 14.0 Å². The molecule has 3 nitrogen and oxygen atoms in total. The van der Waals surface area contributed by atoms with Crippen LogP contribution in [0.4, 0.5) is 0 Å². The van der Waals surface area contributed by atoms with Crippen LogP contribution in [-0.4, -0.2) is 30.4 Å². The molecule has 1 aliphatic heterocycles. The highest BCUT2D eigenvalue weighted by atomic mass is 127. The van der Waals surface area contributed by atoms with Gasteiger partial charge in [-0.1, -0.05) is 50.3 Å². The first-order chi connectivity index (χ1) is 9.53. The van der Waals surface area contributed by atoms with E-state index in [0.717, 1.165) is 12.8 Å². The van der Waals surface area contributed by atoms with Crippen LogP contribution in [0.25, 0.3) is 0 Å². The van der Waals surface area contributed by atoms with Crippen molar-refractivity contribution >= 4 is 36.9 Å². The van der Waals surface area contributed by atoms with Crippen LogP contribution in [0.1, 0.15) is 47.0 Å². The molecule has 2 rings (SSSR count). The van der Waals surface area contributed by atoms with Crippen molar-refractivity contribution in [1.29, 1.82) is 0 Å². The number of carbonyl (C=O) groups is 1. The molecule has 0 aromatic carbocycles. The minimum absolute atomic E-state index is 0.0115. The number of fused-ring (bicyclic) bond motifs is 1. The number of hydrogen-bond acceptors (Lipinski definition) is 3. The molecule has 0 bridgehead atoms. The van der Waals surface area contributed by atoms with E-state index in [1.807, 2.05) is 0 Å². The predicted octanol–water partition coefficient (Wildman–Crippen LogP) is 4.54. The van der Waals surface area contributed by atoms with Gasteiger partial charge in [0.25, 0.3) is 0 Å². The highest BCUT2D eigenvalue weighted by Gasteiger charge is 2.48. The average molecular weight is 424 g/mol. The van der Waals surface area contributed by atoms with E-state index >= 15 is 0 Å². The number of alkyl halides is 1. The monoisotopic (exact) mass is 424 g/mol. The molecule has 5 atom stereocenters. The lowest BCUT2D eigenvalue weighted by Crippen LogP contribution is -2.47. The summed E-state index contributed by atoms with van der Waals surface area (Å²) >= 11 is 2.48. The van der Waals surface area contributed by atoms with Crippen LogP contribution in [0.3, 0.4) is 0 Å². The first kappa shape index (κ1) is 17.7. The summed E-state index contributed by atoms with van der Waals surface area (Å²) in [7, 11) is -1.75. The third-order valence-corrected chi connectivity index (χ3v) is 12.0. The number of hydrogen-bond donors (Lipinski definition) is 0. The van der Waals surface area contributed by atoms with Crippen LogP contribution in [0, 0.1) is 11.8 Å². The number of rotatable bonds is 2. The predicted molar refractivity (Wildman–Crippen MR) is 96.3 cm³/mol. The molecular weight excluding hydrogens is 395 g/mol. The molecule has 0 unspecified atom stereocenters. The van der Waals surface area contributed by atoms with E-state index in [0.29, 0.717) is 28.3 Å². The van der Waals surface area contributed by atoms with E-state index in [-0.39, 0.29) is 17.1 Å². The van der Waals surface area contributed by atoms with Gasteiger partial charge in [0, 0.05) is 12.0 Å². The van der Waals surface area contributed by atoms with Gasteiger partial charge in [-0.05, 0) is 36.9 Å². The van der Waals surface area contributed by atoms with Crippen LogP contribution in [0.2, 0.25) is 18.1 Å². The van der Waals surface area contributed by atoms with Crippen LogP contribution < -0.4 is 0 Å². The van der Waals surface area contributed by atoms with Crippen molar-refractivity contribution < 1.29 is 14.0 Å².